The lowest BCUT2D eigenvalue weighted by Crippen LogP contribution is -2.34. The van der Waals surface area contributed by atoms with Gasteiger partial charge in [0.25, 0.3) is 5.91 Å². The molecule has 1 atom stereocenters. The number of hydrogen-bond acceptors (Lipinski definition) is 6. The Balaban J connectivity index is 1.94. The van der Waals surface area contributed by atoms with Crippen molar-refractivity contribution in [3.05, 3.63) is 83.1 Å². The molecule has 0 aliphatic carbocycles. The average molecular weight is 423 g/mol. The Bertz CT molecular complexity index is 983. The summed E-state index contributed by atoms with van der Waals surface area (Å²) in [6.07, 6.45) is 3.00. The van der Waals surface area contributed by atoms with E-state index in [4.69, 9.17) is 14.6 Å². The van der Waals surface area contributed by atoms with Gasteiger partial charge in [0.2, 0.25) is 0 Å². The third-order valence-corrected chi connectivity index (χ3v) is 4.92. The quantitative estimate of drug-likeness (QED) is 0.451. The number of hydrogen-bond donors (Lipinski definition) is 2. The Kier molecular flexibility index (Phi) is 7.59. The summed E-state index contributed by atoms with van der Waals surface area (Å²) in [6.45, 7) is 0.299. The zero-order valence-corrected chi connectivity index (χ0v) is 17.2. The lowest BCUT2D eigenvalue weighted by Gasteiger charge is -2.26. The van der Waals surface area contributed by atoms with Crippen LogP contribution in [-0.4, -0.2) is 60.3 Å². The fourth-order valence-corrected chi connectivity index (χ4v) is 3.45. The van der Waals surface area contributed by atoms with Crippen LogP contribution in [0, 0.1) is 0 Å². The van der Waals surface area contributed by atoms with E-state index in [0.717, 1.165) is 5.56 Å². The van der Waals surface area contributed by atoms with Crippen LogP contribution in [0.25, 0.3) is 6.08 Å². The van der Waals surface area contributed by atoms with E-state index in [1.54, 1.807) is 30.3 Å². The van der Waals surface area contributed by atoms with E-state index in [0.29, 0.717) is 11.3 Å². The zero-order valence-electron chi connectivity index (χ0n) is 17.2. The number of rotatable bonds is 10. The molecule has 1 aliphatic rings. The molecule has 162 valence electrons. The summed E-state index contributed by atoms with van der Waals surface area (Å²) in [6, 6.07) is 15.5. The van der Waals surface area contributed by atoms with Crippen molar-refractivity contribution in [3.8, 4) is 5.75 Å². The van der Waals surface area contributed by atoms with Crippen LogP contribution >= 0.6 is 0 Å². The second kappa shape index (κ2) is 10.6. The first-order valence-corrected chi connectivity index (χ1v) is 9.91. The van der Waals surface area contributed by atoms with E-state index < -0.39 is 23.5 Å². The number of carbonyl (C=O) groups excluding carboxylic acids is 2. The number of carbonyl (C=O) groups is 2. The van der Waals surface area contributed by atoms with E-state index in [1.807, 2.05) is 30.3 Å². The smallest absolute Gasteiger partial charge is 0.290 e. The molecule has 1 heterocycles. The van der Waals surface area contributed by atoms with Gasteiger partial charge in [0.1, 0.15) is 5.75 Å². The number of nitrogens with zero attached hydrogens (tertiary/aromatic N) is 1. The number of amides is 1. The van der Waals surface area contributed by atoms with Crippen molar-refractivity contribution < 1.29 is 29.3 Å². The normalized spacial score (nSPS) is 16.4. The molecule has 2 aromatic rings. The van der Waals surface area contributed by atoms with Crippen molar-refractivity contribution in [3.63, 3.8) is 0 Å². The molecule has 0 saturated carbocycles. The van der Waals surface area contributed by atoms with Gasteiger partial charge in [-0.05, 0) is 29.3 Å². The van der Waals surface area contributed by atoms with Crippen molar-refractivity contribution in [1.82, 2.24) is 4.90 Å². The molecule has 1 unspecified atom stereocenters. The predicted octanol–water partition coefficient (Wildman–Crippen LogP) is 2.68. The molecule has 31 heavy (non-hydrogen) atoms. The van der Waals surface area contributed by atoms with Crippen LogP contribution in [0.1, 0.15) is 17.2 Å². The molecular formula is C24H25NO6. The molecule has 0 saturated heterocycles. The van der Waals surface area contributed by atoms with Gasteiger partial charge in [0.15, 0.2) is 11.5 Å². The molecule has 2 N–H and O–H groups in total. The predicted molar refractivity (Wildman–Crippen MR) is 115 cm³/mol. The van der Waals surface area contributed by atoms with Gasteiger partial charge in [0.05, 0.1) is 38.5 Å². The Morgan fingerprint density at radius 2 is 1.90 bits per heavy atom. The van der Waals surface area contributed by atoms with E-state index in [9.17, 15) is 14.7 Å². The van der Waals surface area contributed by atoms with E-state index in [2.05, 4.69) is 0 Å². The van der Waals surface area contributed by atoms with Gasteiger partial charge in [-0.1, -0.05) is 48.5 Å². The summed E-state index contributed by atoms with van der Waals surface area (Å²) in [7, 11) is 1.53. The van der Waals surface area contributed by atoms with Crippen LogP contribution < -0.4 is 4.74 Å². The number of aliphatic hydroxyl groups is 2. The lowest BCUT2D eigenvalue weighted by atomic mass is 9.95. The van der Waals surface area contributed by atoms with Crippen LogP contribution in [-0.2, 0) is 14.3 Å². The second-order valence-corrected chi connectivity index (χ2v) is 6.88. The van der Waals surface area contributed by atoms with Crippen molar-refractivity contribution in [1.29, 1.82) is 0 Å². The number of ether oxygens (including phenoxy) is 2. The molecule has 0 radical (unpaired) electrons. The van der Waals surface area contributed by atoms with Crippen molar-refractivity contribution >= 4 is 17.8 Å². The molecule has 1 amide bonds. The first-order chi connectivity index (χ1) is 15.1. The minimum atomic E-state index is -0.784. The molecule has 3 rings (SSSR count). The van der Waals surface area contributed by atoms with Crippen molar-refractivity contribution in [2.24, 2.45) is 0 Å². The summed E-state index contributed by atoms with van der Waals surface area (Å²) >= 11 is 0. The van der Waals surface area contributed by atoms with E-state index >= 15 is 0 Å². The summed E-state index contributed by atoms with van der Waals surface area (Å²) < 4.78 is 10.6. The monoisotopic (exact) mass is 423 g/mol. The zero-order chi connectivity index (χ0) is 22.2. The molecule has 7 heteroatoms. The third-order valence-electron chi connectivity index (χ3n) is 4.92. The standard InChI is InChI=1S/C24H25NO6/c1-30-19-9-5-8-18(16-19)22-21(20(27)11-10-17-6-3-2-4-7-17)23(28)24(29)25(22)12-14-31-15-13-26/h2-11,16,22,26,28H,12-15H2,1H3/b11-10+. The number of aliphatic hydroxyl groups excluding tert-OH is 2. The summed E-state index contributed by atoms with van der Waals surface area (Å²) in [4.78, 5) is 27.3. The number of methoxy groups -OCH3 is 1. The number of ketones is 1. The van der Waals surface area contributed by atoms with Crippen molar-refractivity contribution in [2.75, 3.05) is 33.5 Å². The Morgan fingerprint density at radius 1 is 1.13 bits per heavy atom. The minimum absolute atomic E-state index is 0.00703. The summed E-state index contributed by atoms with van der Waals surface area (Å²) in [5.41, 5.74) is 1.47. The Hall–Kier alpha value is -3.42. The molecule has 0 bridgehead atoms. The Morgan fingerprint density at radius 3 is 2.61 bits per heavy atom. The maximum atomic E-state index is 13.1. The summed E-state index contributed by atoms with van der Waals surface area (Å²) in [5, 5.41) is 19.5. The van der Waals surface area contributed by atoms with Crippen LogP contribution in [0.3, 0.4) is 0 Å². The molecule has 1 aliphatic heterocycles. The topological polar surface area (TPSA) is 96.3 Å². The van der Waals surface area contributed by atoms with Crippen LogP contribution in [0.4, 0.5) is 0 Å². The van der Waals surface area contributed by atoms with Gasteiger partial charge in [-0.2, -0.15) is 0 Å². The molecule has 0 fully saturated rings. The maximum absolute atomic E-state index is 13.1. The number of allylic oxidation sites excluding steroid dienone is 1. The highest BCUT2D eigenvalue weighted by atomic mass is 16.5. The van der Waals surface area contributed by atoms with Gasteiger partial charge in [-0.15, -0.1) is 0 Å². The highest BCUT2D eigenvalue weighted by Gasteiger charge is 2.42. The fraction of sp³-hybridized carbons (Fsp3) is 0.250. The van der Waals surface area contributed by atoms with Crippen LogP contribution in [0.5, 0.6) is 5.75 Å². The van der Waals surface area contributed by atoms with Gasteiger partial charge in [0, 0.05) is 6.54 Å². The fourth-order valence-electron chi connectivity index (χ4n) is 3.45. The maximum Gasteiger partial charge on any atom is 0.290 e. The van der Waals surface area contributed by atoms with Gasteiger partial charge in [-0.3, -0.25) is 9.59 Å². The highest BCUT2D eigenvalue weighted by molar-refractivity contribution is 6.14. The SMILES string of the molecule is COc1cccc(C2C(C(=O)/C=C/c3ccccc3)=C(O)C(=O)N2CCOCCO)c1. The van der Waals surface area contributed by atoms with Crippen LogP contribution in [0.15, 0.2) is 72.0 Å². The highest BCUT2D eigenvalue weighted by Crippen LogP contribution is 2.38. The third kappa shape index (κ3) is 5.20. The second-order valence-electron chi connectivity index (χ2n) is 6.88. The number of benzene rings is 2. The molecule has 2 aromatic carbocycles. The molecular weight excluding hydrogens is 398 g/mol. The van der Waals surface area contributed by atoms with Gasteiger partial charge >= 0.3 is 0 Å². The van der Waals surface area contributed by atoms with Crippen molar-refractivity contribution in [2.45, 2.75) is 6.04 Å². The average Bonchev–Trinajstić information content (AvgIpc) is 3.06. The molecule has 0 aromatic heterocycles. The molecule has 7 nitrogen and oxygen atoms in total. The van der Waals surface area contributed by atoms with E-state index in [1.165, 1.54) is 18.1 Å². The minimum Gasteiger partial charge on any atom is -0.503 e. The molecule has 0 spiro atoms. The van der Waals surface area contributed by atoms with E-state index in [-0.39, 0.29) is 31.9 Å². The summed E-state index contributed by atoms with van der Waals surface area (Å²) in [5.74, 6) is -1.10. The van der Waals surface area contributed by atoms with Crippen LogP contribution in [0.2, 0.25) is 0 Å². The van der Waals surface area contributed by atoms with Gasteiger partial charge < -0.3 is 24.6 Å². The lowest BCUT2D eigenvalue weighted by molar-refractivity contribution is -0.130. The largest absolute Gasteiger partial charge is 0.503 e. The van der Waals surface area contributed by atoms with Gasteiger partial charge in [-0.25, -0.2) is 0 Å². The first kappa shape index (κ1) is 22.3. The Labute approximate surface area is 180 Å². The first-order valence-electron chi connectivity index (χ1n) is 9.91.